The van der Waals surface area contributed by atoms with Crippen LogP contribution in [0.5, 0.6) is 0 Å². The van der Waals surface area contributed by atoms with Crippen LogP contribution in [0, 0.1) is 17.8 Å². The van der Waals surface area contributed by atoms with Crippen molar-refractivity contribution < 1.29 is 4.74 Å². The van der Waals surface area contributed by atoms with E-state index in [4.69, 9.17) is 4.74 Å². The van der Waals surface area contributed by atoms with Crippen molar-refractivity contribution in [1.82, 2.24) is 0 Å². The Labute approximate surface area is 76.5 Å². The molecule has 1 fully saturated rings. The van der Waals surface area contributed by atoms with E-state index >= 15 is 0 Å². The Kier molecular flexibility index (Phi) is 3.16. The molecule has 5 atom stereocenters. The van der Waals surface area contributed by atoms with Crippen LogP contribution < -0.4 is 0 Å². The summed E-state index contributed by atoms with van der Waals surface area (Å²) in [5, 5.41) is 0. The summed E-state index contributed by atoms with van der Waals surface area (Å²) in [7, 11) is 0. The van der Waals surface area contributed by atoms with E-state index in [0.717, 1.165) is 11.8 Å². The first-order valence-corrected chi connectivity index (χ1v) is 5.23. The summed E-state index contributed by atoms with van der Waals surface area (Å²) in [5.74, 6) is 2.17. The Morgan fingerprint density at radius 1 is 1.17 bits per heavy atom. The molecule has 0 N–H and O–H groups in total. The molecule has 0 aromatic rings. The molecule has 0 saturated carbocycles. The van der Waals surface area contributed by atoms with Crippen LogP contribution in [0.4, 0.5) is 0 Å². The lowest BCUT2D eigenvalue weighted by Crippen LogP contribution is -2.23. The normalized spacial score (nSPS) is 44.8. The Balaban J connectivity index is 2.58. The fourth-order valence-electron chi connectivity index (χ4n) is 2.11. The summed E-state index contributed by atoms with van der Waals surface area (Å²) in [5.41, 5.74) is 0. The van der Waals surface area contributed by atoms with Gasteiger partial charge >= 0.3 is 0 Å². The van der Waals surface area contributed by atoms with E-state index in [1.807, 2.05) is 0 Å². The van der Waals surface area contributed by atoms with Crippen molar-refractivity contribution >= 4 is 0 Å². The third kappa shape index (κ3) is 1.66. The van der Waals surface area contributed by atoms with Gasteiger partial charge in [0.2, 0.25) is 0 Å². The maximum atomic E-state index is 5.94. The van der Waals surface area contributed by atoms with Gasteiger partial charge in [-0.2, -0.15) is 0 Å². The molecule has 1 aliphatic heterocycles. The fraction of sp³-hybridized carbons (Fsp3) is 1.00. The number of ether oxygens (including phenoxy) is 1. The van der Waals surface area contributed by atoms with Crippen LogP contribution >= 0.6 is 0 Å². The average molecular weight is 170 g/mol. The second kappa shape index (κ2) is 3.78. The standard InChI is InChI=1S/C11H22O/c1-6-7(2)11-9(4)8(3)10(5)12-11/h7-11H,6H2,1-5H3/t7?,8?,9-,10+,11+/m1/s1. The quantitative estimate of drug-likeness (QED) is 0.619. The zero-order valence-electron chi connectivity index (χ0n) is 9.00. The van der Waals surface area contributed by atoms with Gasteiger partial charge in [-0.25, -0.2) is 0 Å². The molecule has 1 nitrogen and oxygen atoms in total. The summed E-state index contributed by atoms with van der Waals surface area (Å²) in [6.07, 6.45) is 2.19. The van der Waals surface area contributed by atoms with E-state index < -0.39 is 0 Å². The number of hydrogen-bond donors (Lipinski definition) is 0. The highest BCUT2D eigenvalue weighted by Gasteiger charge is 2.38. The van der Waals surface area contributed by atoms with E-state index in [2.05, 4.69) is 34.6 Å². The topological polar surface area (TPSA) is 9.23 Å². The molecule has 0 spiro atoms. The van der Waals surface area contributed by atoms with Gasteiger partial charge in [-0.15, -0.1) is 0 Å². The molecule has 1 rings (SSSR count). The maximum absolute atomic E-state index is 5.94. The van der Waals surface area contributed by atoms with Gasteiger partial charge in [-0.05, 0) is 24.7 Å². The molecule has 0 bridgehead atoms. The second-order valence-corrected chi connectivity index (χ2v) is 4.41. The molecule has 0 aliphatic carbocycles. The van der Waals surface area contributed by atoms with E-state index in [-0.39, 0.29) is 0 Å². The van der Waals surface area contributed by atoms with Crippen molar-refractivity contribution in [1.29, 1.82) is 0 Å². The minimum atomic E-state index is 0.457. The van der Waals surface area contributed by atoms with Crippen LogP contribution in [0.15, 0.2) is 0 Å². The van der Waals surface area contributed by atoms with Gasteiger partial charge < -0.3 is 4.74 Å². The van der Waals surface area contributed by atoms with Crippen LogP contribution in [-0.2, 0) is 4.74 Å². The summed E-state index contributed by atoms with van der Waals surface area (Å²) in [6, 6.07) is 0. The number of hydrogen-bond acceptors (Lipinski definition) is 1. The molecule has 72 valence electrons. The minimum absolute atomic E-state index is 0.457. The van der Waals surface area contributed by atoms with Crippen LogP contribution in [0.3, 0.4) is 0 Å². The lowest BCUT2D eigenvalue weighted by atomic mass is 9.85. The highest BCUT2D eigenvalue weighted by Crippen LogP contribution is 2.36. The lowest BCUT2D eigenvalue weighted by Gasteiger charge is -2.22. The molecule has 1 aliphatic rings. The lowest BCUT2D eigenvalue weighted by molar-refractivity contribution is 0.00871. The van der Waals surface area contributed by atoms with Crippen molar-refractivity contribution in [3.63, 3.8) is 0 Å². The molecule has 12 heavy (non-hydrogen) atoms. The summed E-state index contributed by atoms with van der Waals surface area (Å²) >= 11 is 0. The largest absolute Gasteiger partial charge is 0.374 e. The highest BCUT2D eigenvalue weighted by atomic mass is 16.5. The molecule has 1 heterocycles. The highest BCUT2D eigenvalue weighted by molar-refractivity contribution is 4.85. The zero-order valence-corrected chi connectivity index (χ0v) is 9.00. The predicted octanol–water partition coefficient (Wildman–Crippen LogP) is 3.09. The Morgan fingerprint density at radius 2 is 1.75 bits per heavy atom. The smallest absolute Gasteiger partial charge is 0.0633 e. The summed E-state index contributed by atoms with van der Waals surface area (Å²) in [4.78, 5) is 0. The monoisotopic (exact) mass is 170 g/mol. The van der Waals surface area contributed by atoms with Crippen molar-refractivity contribution in [2.75, 3.05) is 0 Å². The molecule has 0 aromatic carbocycles. The molecular formula is C11H22O. The molecule has 2 unspecified atom stereocenters. The van der Waals surface area contributed by atoms with Gasteiger partial charge in [0.1, 0.15) is 0 Å². The van der Waals surface area contributed by atoms with Gasteiger partial charge in [-0.1, -0.05) is 34.1 Å². The summed E-state index contributed by atoms with van der Waals surface area (Å²) in [6.45, 7) is 11.4. The van der Waals surface area contributed by atoms with Gasteiger partial charge in [0, 0.05) is 0 Å². The average Bonchev–Trinajstić information content (AvgIpc) is 2.32. The van der Waals surface area contributed by atoms with Crippen LogP contribution in [-0.4, -0.2) is 12.2 Å². The Morgan fingerprint density at radius 3 is 2.08 bits per heavy atom. The SMILES string of the molecule is CCC(C)[C@@H]1O[C@@H](C)C(C)[C@H]1C. The van der Waals surface area contributed by atoms with E-state index in [9.17, 15) is 0 Å². The van der Waals surface area contributed by atoms with Crippen molar-refractivity contribution in [2.45, 2.75) is 53.2 Å². The molecular weight excluding hydrogens is 148 g/mol. The van der Waals surface area contributed by atoms with Gasteiger partial charge in [-0.3, -0.25) is 0 Å². The molecule has 0 radical (unpaired) electrons. The Bertz CT molecular complexity index is 144. The van der Waals surface area contributed by atoms with E-state index in [1.165, 1.54) is 6.42 Å². The second-order valence-electron chi connectivity index (χ2n) is 4.41. The molecule has 0 amide bonds. The predicted molar refractivity (Wildman–Crippen MR) is 52.1 cm³/mol. The number of rotatable bonds is 2. The van der Waals surface area contributed by atoms with Crippen LogP contribution in [0.25, 0.3) is 0 Å². The summed E-state index contributed by atoms with van der Waals surface area (Å²) < 4.78 is 5.94. The zero-order chi connectivity index (χ0) is 9.30. The van der Waals surface area contributed by atoms with Crippen LogP contribution in [0.1, 0.15) is 41.0 Å². The first-order chi connectivity index (χ1) is 5.57. The molecule has 1 heteroatoms. The van der Waals surface area contributed by atoms with Crippen molar-refractivity contribution in [3.8, 4) is 0 Å². The third-order valence-corrected chi connectivity index (χ3v) is 3.66. The first-order valence-electron chi connectivity index (χ1n) is 5.23. The van der Waals surface area contributed by atoms with Gasteiger partial charge in [0.25, 0.3) is 0 Å². The fourth-order valence-corrected chi connectivity index (χ4v) is 2.11. The van der Waals surface area contributed by atoms with E-state index in [0.29, 0.717) is 18.1 Å². The minimum Gasteiger partial charge on any atom is -0.374 e. The van der Waals surface area contributed by atoms with Gasteiger partial charge in [0.15, 0.2) is 0 Å². The maximum Gasteiger partial charge on any atom is 0.0633 e. The molecule has 0 aromatic heterocycles. The van der Waals surface area contributed by atoms with Gasteiger partial charge in [0.05, 0.1) is 12.2 Å². The Hall–Kier alpha value is -0.0400. The third-order valence-electron chi connectivity index (χ3n) is 3.66. The van der Waals surface area contributed by atoms with Crippen molar-refractivity contribution in [2.24, 2.45) is 17.8 Å². The molecule has 1 saturated heterocycles. The van der Waals surface area contributed by atoms with E-state index in [1.54, 1.807) is 0 Å². The first kappa shape index (κ1) is 10.0. The van der Waals surface area contributed by atoms with Crippen molar-refractivity contribution in [3.05, 3.63) is 0 Å². The van der Waals surface area contributed by atoms with Crippen LogP contribution in [0.2, 0.25) is 0 Å².